The molecule has 0 aromatic heterocycles. The highest BCUT2D eigenvalue weighted by Gasteiger charge is 2.06. The van der Waals surface area contributed by atoms with Crippen molar-refractivity contribution in [2.45, 2.75) is 6.92 Å². The Balaban J connectivity index is 2.36. The van der Waals surface area contributed by atoms with E-state index in [4.69, 9.17) is 17.0 Å². The number of carbonyl (C=O) groups excluding carboxylic acids is 1. The van der Waals surface area contributed by atoms with Gasteiger partial charge in [0.15, 0.2) is 11.7 Å². The number of amides is 1. The Bertz CT molecular complexity index is 471. The molecular formula is C11H13Br2N3O2S. The molecule has 0 bridgehead atoms. The van der Waals surface area contributed by atoms with Gasteiger partial charge >= 0.3 is 0 Å². The first-order valence-corrected chi connectivity index (χ1v) is 7.43. The summed E-state index contributed by atoms with van der Waals surface area (Å²) in [6.45, 7) is 2.48. The van der Waals surface area contributed by atoms with Gasteiger partial charge in [0.05, 0.1) is 4.47 Å². The highest BCUT2D eigenvalue weighted by molar-refractivity contribution is 9.11. The average Bonchev–Trinajstić information content (AvgIpc) is 2.35. The summed E-state index contributed by atoms with van der Waals surface area (Å²) < 4.78 is 7.06. The van der Waals surface area contributed by atoms with Crippen LogP contribution >= 0.6 is 44.1 Å². The summed E-state index contributed by atoms with van der Waals surface area (Å²) in [5.41, 5.74) is 4.99. The second-order valence-corrected chi connectivity index (χ2v) is 5.57. The quantitative estimate of drug-likeness (QED) is 0.524. The first kappa shape index (κ1) is 16.2. The van der Waals surface area contributed by atoms with Gasteiger partial charge in [-0.3, -0.25) is 15.6 Å². The summed E-state index contributed by atoms with van der Waals surface area (Å²) >= 11 is 11.6. The zero-order chi connectivity index (χ0) is 14.3. The highest BCUT2D eigenvalue weighted by Crippen LogP contribution is 2.27. The smallest absolute Gasteiger partial charge is 0.276 e. The van der Waals surface area contributed by atoms with Gasteiger partial charge in [-0.1, -0.05) is 15.9 Å². The number of ether oxygens (including phenoxy) is 1. The van der Waals surface area contributed by atoms with E-state index in [9.17, 15) is 4.79 Å². The topological polar surface area (TPSA) is 62.4 Å². The van der Waals surface area contributed by atoms with Crippen molar-refractivity contribution in [3.63, 3.8) is 0 Å². The number of carbonyl (C=O) groups is 1. The maximum atomic E-state index is 11.5. The van der Waals surface area contributed by atoms with Crippen LogP contribution in [0.1, 0.15) is 6.92 Å². The molecule has 0 saturated heterocycles. The third-order valence-corrected chi connectivity index (χ3v) is 3.26. The van der Waals surface area contributed by atoms with Gasteiger partial charge < -0.3 is 10.1 Å². The molecule has 0 atom stereocenters. The SMILES string of the molecule is CCNC(=S)NNC(=O)COc1ccc(Br)cc1Br. The molecular weight excluding hydrogens is 398 g/mol. The lowest BCUT2D eigenvalue weighted by Crippen LogP contribution is -2.48. The maximum absolute atomic E-state index is 11.5. The van der Waals surface area contributed by atoms with E-state index in [1.165, 1.54) is 0 Å². The van der Waals surface area contributed by atoms with Crippen LogP contribution < -0.4 is 20.9 Å². The number of hydrogen-bond acceptors (Lipinski definition) is 3. The molecule has 0 saturated carbocycles. The summed E-state index contributed by atoms with van der Waals surface area (Å²) in [7, 11) is 0. The van der Waals surface area contributed by atoms with Crippen LogP contribution in [0.5, 0.6) is 5.75 Å². The average molecular weight is 411 g/mol. The monoisotopic (exact) mass is 409 g/mol. The minimum Gasteiger partial charge on any atom is -0.483 e. The summed E-state index contributed by atoms with van der Waals surface area (Å²) in [5.74, 6) is 0.266. The standard InChI is InChI=1S/C11H13Br2N3O2S/c1-2-14-11(19)16-15-10(17)6-18-9-4-3-7(12)5-8(9)13/h3-5H,2,6H2,1H3,(H,15,17)(H2,14,16,19). The molecule has 0 aliphatic heterocycles. The zero-order valence-electron chi connectivity index (χ0n) is 10.1. The molecule has 104 valence electrons. The molecule has 1 rings (SSSR count). The van der Waals surface area contributed by atoms with E-state index in [-0.39, 0.29) is 12.5 Å². The van der Waals surface area contributed by atoms with Crippen LogP contribution in [0.15, 0.2) is 27.1 Å². The first-order valence-electron chi connectivity index (χ1n) is 5.43. The molecule has 0 aliphatic carbocycles. The van der Waals surface area contributed by atoms with Gasteiger partial charge in [-0.05, 0) is 53.3 Å². The number of thiocarbonyl (C=S) groups is 1. The van der Waals surface area contributed by atoms with Crippen molar-refractivity contribution in [2.75, 3.05) is 13.2 Å². The molecule has 19 heavy (non-hydrogen) atoms. The van der Waals surface area contributed by atoms with Gasteiger partial charge in [-0.25, -0.2) is 0 Å². The normalized spacial score (nSPS) is 9.63. The molecule has 5 nitrogen and oxygen atoms in total. The predicted octanol–water partition coefficient (Wildman–Crippen LogP) is 2.11. The fourth-order valence-corrected chi connectivity index (χ4v) is 2.46. The molecule has 1 aromatic rings. The van der Waals surface area contributed by atoms with Crippen molar-refractivity contribution < 1.29 is 9.53 Å². The molecule has 1 aromatic carbocycles. The maximum Gasteiger partial charge on any atom is 0.276 e. The Kier molecular flexibility index (Phi) is 7.11. The molecule has 1 amide bonds. The number of hydrogen-bond donors (Lipinski definition) is 3. The number of rotatable bonds is 4. The Morgan fingerprint density at radius 2 is 2.11 bits per heavy atom. The number of halogens is 2. The van der Waals surface area contributed by atoms with Gasteiger partial charge in [0.2, 0.25) is 0 Å². The lowest BCUT2D eigenvalue weighted by atomic mass is 10.3. The predicted molar refractivity (Wildman–Crippen MR) is 84.9 cm³/mol. The number of benzene rings is 1. The van der Waals surface area contributed by atoms with Gasteiger partial charge in [0, 0.05) is 11.0 Å². The summed E-state index contributed by atoms with van der Waals surface area (Å²) in [6.07, 6.45) is 0. The molecule has 3 N–H and O–H groups in total. The van der Waals surface area contributed by atoms with Gasteiger partial charge in [-0.2, -0.15) is 0 Å². The van der Waals surface area contributed by atoms with Crippen LogP contribution in [-0.2, 0) is 4.79 Å². The Morgan fingerprint density at radius 3 is 2.74 bits per heavy atom. The molecule has 0 aliphatic rings. The number of hydrazine groups is 1. The molecule has 0 unspecified atom stereocenters. The Morgan fingerprint density at radius 1 is 1.37 bits per heavy atom. The van der Waals surface area contributed by atoms with E-state index >= 15 is 0 Å². The number of nitrogens with one attached hydrogen (secondary N) is 3. The van der Waals surface area contributed by atoms with Crippen LogP contribution in [-0.4, -0.2) is 24.2 Å². The minimum atomic E-state index is -0.324. The minimum absolute atomic E-state index is 0.109. The molecule has 8 heteroatoms. The highest BCUT2D eigenvalue weighted by atomic mass is 79.9. The second kappa shape index (κ2) is 8.34. The molecule has 0 radical (unpaired) electrons. The van der Waals surface area contributed by atoms with Gasteiger partial charge in [-0.15, -0.1) is 0 Å². The van der Waals surface area contributed by atoms with E-state index in [1.807, 2.05) is 19.1 Å². The van der Waals surface area contributed by atoms with E-state index in [0.717, 1.165) is 8.95 Å². The van der Waals surface area contributed by atoms with Crippen LogP contribution in [0.2, 0.25) is 0 Å². The summed E-state index contributed by atoms with van der Waals surface area (Å²) in [6, 6.07) is 5.43. The van der Waals surface area contributed by atoms with Gasteiger partial charge in [0.25, 0.3) is 5.91 Å². The van der Waals surface area contributed by atoms with Crippen molar-refractivity contribution in [3.8, 4) is 5.75 Å². The molecule has 0 spiro atoms. The fourth-order valence-electron chi connectivity index (χ4n) is 1.10. The van der Waals surface area contributed by atoms with E-state index in [0.29, 0.717) is 17.4 Å². The van der Waals surface area contributed by atoms with Crippen molar-refractivity contribution in [1.29, 1.82) is 0 Å². The zero-order valence-corrected chi connectivity index (χ0v) is 14.1. The van der Waals surface area contributed by atoms with E-state index in [1.54, 1.807) is 6.07 Å². The van der Waals surface area contributed by atoms with E-state index < -0.39 is 0 Å². The van der Waals surface area contributed by atoms with Gasteiger partial charge in [0.1, 0.15) is 5.75 Å². The first-order chi connectivity index (χ1) is 9.02. The summed E-state index contributed by atoms with van der Waals surface area (Å²) in [5, 5.41) is 3.20. The largest absolute Gasteiger partial charge is 0.483 e. The van der Waals surface area contributed by atoms with E-state index in [2.05, 4.69) is 48.0 Å². The van der Waals surface area contributed by atoms with Crippen LogP contribution in [0.4, 0.5) is 0 Å². The summed E-state index contributed by atoms with van der Waals surface area (Å²) in [4.78, 5) is 11.5. The van der Waals surface area contributed by atoms with Crippen LogP contribution in [0, 0.1) is 0 Å². The third-order valence-electron chi connectivity index (χ3n) is 1.91. The van der Waals surface area contributed by atoms with Crippen molar-refractivity contribution >= 4 is 55.1 Å². The fraction of sp³-hybridized carbons (Fsp3) is 0.273. The lowest BCUT2D eigenvalue weighted by Gasteiger charge is -2.11. The molecule has 0 heterocycles. The van der Waals surface area contributed by atoms with Crippen molar-refractivity contribution in [3.05, 3.63) is 27.1 Å². The van der Waals surface area contributed by atoms with Crippen LogP contribution in [0.3, 0.4) is 0 Å². The Labute approximate surface area is 133 Å². The second-order valence-electron chi connectivity index (χ2n) is 3.40. The van der Waals surface area contributed by atoms with Crippen molar-refractivity contribution in [1.82, 2.24) is 16.2 Å². The van der Waals surface area contributed by atoms with Crippen molar-refractivity contribution in [2.24, 2.45) is 0 Å². The van der Waals surface area contributed by atoms with Crippen LogP contribution in [0.25, 0.3) is 0 Å². The third kappa shape index (κ3) is 6.22. The lowest BCUT2D eigenvalue weighted by molar-refractivity contribution is -0.123. The molecule has 0 fully saturated rings. The Hall–Kier alpha value is -0.860.